The van der Waals surface area contributed by atoms with E-state index in [1.54, 1.807) is 6.92 Å². The molecular weight excluding hydrogens is 174 g/mol. The highest BCUT2D eigenvalue weighted by Gasteiger charge is 2.24. The summed E-state index contributed by atoms with van der Waals surface area (Å²) in [6, 6.07) is 0.703. The van der Waals surface area contributed by atoms with Crippen molar-refractivity contribution in [1.29, 1.82) is 0 Å². The van der Waals surface area contributed by atoms with Crippen molar-refractivity contribution in [3.63, 3.8) is 0 Å². The zero-order valence-electron chi connectivity index (χ0n) is 7.71. The van der Waals surface area contributed by atoms with E-state index in [4.69, 9.17) is 0 Å². The second-order valence-electron chi connectivity index (χ2n) is 3.54. The lowest BCUT2D eigenvalue weighted by Crippen LogP contribution is -2.34. The molecule has 1 saturated carbocycles. The van der Waals surface area contributed by atoms with E-state index in [2.05, 4.69) is 5.32 Å². The normalized spacial score (nSPS) is 20.8. The fourth-order valence-corrected chi connectivity index (χ4v) is 2.29. The summed E-state index contributed by atoms with van der Waals surface area (Å²) >= 11 is 0. The van der Waals surface area contributed by atoms with Crippen molar-refractivity contribution in [3.05, 3.63) is 0 Å². The zero-order valence-corrected chi connectivity index (χ0v) is 8.52. The van der Waals surface area contributed by atoms with Gasteiger partial charge in [-0.3, -0.25) is 0 Å². The van der Waals surface area contributed by atoms with Gasteiger partial charge in [-0.1, -0.05) is 6.92 Å². The quantitative estimate of drug-likeness (QED) is 0.690. The Labute approximate surface area is 74.5 Å². The van der Waals surface area contributed by atoms with E-state index >= 15 is 0 Å². The molecule has 72 valence electrons. The molecule has 0 radical (unpaired) electrons. The molecule has 0 aromatic heterocycles. The molecule has 0 heterocycles. The van der Waals surface area contributed by atoms with Gasteiger partial charge in [0, 0.05) is 17.8 Å². The highest BCUT2D eigenvalue weighted by atomic mass is 32.2. The van der Waals surface area contributed by atoms with Crippen LogP contribution in [0.2, 0.25) is 0 Å². The topological polar surface area (TPSA) is 46.2 Å². The molecule has 1 fully saturated rings. The van der Waals surface area contributed by atoms with Crippen LogP contribution in [-0.2, 0) is 9.84 Å². The van der Waals surface area contributed by atoms with E-state index in [0.29, 0.717) is 6.04 Å². The molecule has 0 bridgehead atoms. The minimum absolute atomic E-state index is 0.113. The van der Waals surface area contributed by atoms with Gasteiger partial charge >= 0.3 is 0 Å². The zero-order chi connectivity index (χ0) is 9.19. The van der Waals surface area contributed by atoms with Crippen molar-refractivity contribution >= 4 is 9.84 Å². The lowest BCUT2D eigenvalue weighted by atomic mass is 10.4. The van der Waals surface area contributed by atoms with Crippen molar-refractivity contribution in [1.82, 2.24) is 5.32 Å². The minimum atomic E-state index is -2.80. The summed E-state index contributed by atoms with van der Waals surface area (Å²) in [5, 5.41) is 3.27. The Morgan fingerprint density at radius 1 is 1.50 bits per heavy atom. The largest absolute Gasteiger partial charge is 0.310 e. The van der Waals surface area contributed by atoms with E-state index in [0.717, 1.165) is 0 Å². The Balaban J connectivity index is 2.28. The second-order valence-corrected chi connectivity index (χ2v) is 5.94. The summed E-state index contributed by atoms with van der Waals surface area (Å²) in [6.07, 6.45) is 2.41. The van der Waals surface area contributed by atoms with E-state index in [-0.39, 0.29) is 17.5 Å². The van der Waals surface area contributed by atoms with Gasteiger partial charge in [0.05, 0.1) is 5.75 Å². The summed E-state index contributed by atoms with van der Waals surface area (Å²) in [6.45, 7) is 3.63. The highest BCUT2D eigenvalue weighted by Crippen LogP contribution is 2.19. The Morgan fingerprint density at radius 3 is 2.50 bits per heavy atom. The van der Waals surface area contributed by atoms with E-state index in [1.165, 1.54) is 12.8 Å². The van der Waals surface area contributed by atoms with Gasteiger partial charge in [-0.2, -0.15) is 0 Å². The molecule has 0 aromatic carbocycles. The number of sulfone groups is 1. The van der Waals surface area contributed by atoms with Crippen LogP contribution in [0.4, 0.5) is 0 Å². The van der Waals surface area contributed by atoms with Gasteiger partial charge in [-0.15, -0.1) is 0 Å². The second kappa shape index (κ2) is 3.75. The number of hydrogen-bond donors (Lipinski definition) is 1. The highest BCUT2D eigenvalue weighted by molar-refractivity contribution is 7.91. The smallest absolute Gasteiger partial charge is 0.151 e. The van der Waals surface area contributed by atoms with Gasteiger partial charge in [0.2, 0.25) is 0 Å². The Bertz CT molecular complexity index is 231. The molecule has 0 amide bonds. The third-order valence-electron chi connectivity index (χ3n) is 2.04. The van der Waals surface area contributed by atoms with Crippen LogP contribution in [0.1, 0.15) is 26.7 Å². The third kappa shape index (κ3) is 3.54. The fourth-order valence-electron chi connectivity index (χ4n) is 1.20. The van der Waals surface area contributed by atoms with Crippen LogP contribution >= 0.6 is 0 Å². The first-order valence-corrected chi connectivity index (χ1v) is 6.32. The number of hydrogen-bond acceptors (Lipinski definition) is 3. The molecule has 1 aliphatic rings. The molecule has 0 spiro atoms. The molecule has 0 aliphatic heterocycles. The van der Waals surface area contributed by atoms with Gasteiger partial charge in [-0.25, -0.2) is 8.42 Å². The monoisotopic (exact) mass is 191 g/mol. The van der Waals surface area contributed by atoms with Crippen molar-refractivity contribution in [3.8, 4) is 0 Å². The molecule has 1 atom stereocenters. The van der Waals surface area contributed by atoms with Crippen LogP contribution in [0.15, 0.2) is 0 Å². The number of nitrogens with one attached hydrogen (secondary N) is 1. The lowest BCUT2D eigenvalue weighted by molar-refractivity contribution is 0.555. The first-order valence-electron chi connectivity index (χ1n) is 4.50. The maximum atomic E-state index is 11.2. The lowest BCUT2D eigenvalue weighted by Gasteiger charge is -2.12. The van der Waals surface area contributed by atoms with Crippen LogP contribution < -0.4 is 5.32 Å². The van der Waals surface area contributed by atoms with Gasteiger partial charge in [0.15, 0.2) is 9.84 Å². The molecule has 0 saturated heterocycles. The van der Waals surface area contributed by atoms with Crippen molar-refractivity contribution in [2.45, 2.75) is 38.8 Å². The van der Waals surface area contributed by atoms with Crippen molar-refractivity contribution < 1.29 is 8.42 Å². The van der Waals surface area contributed by atoms with Crippen molar-refractivity contribution in [2.24, 2.45) is 0 Å². The molecule has 12 heavy (non-hydrogen) atoms. The molecule has 4 heteroatoms. The average molecular weight is 191 g/mol. The van der Waals surface area contributed by atoms with Gasteiger partial charge in [-0.05, 0) is 19.8 Å². The van der Waals surface area contributed by atoms with Crippen LogP contribution in [0.5, 0.6) is 0 Å². The van der Waals surface area contributed by atoms with Gasteiger partial charge in [0.1, 0.15) is 0 Å². The first kappa shape index (κ1) is 9.99. The van der Waals surface area contributed by atoms with Crippen LogP contribution in [0, 0.1) is 0 Å². The summed E-state index contributed by atoms with van der Waals surface area (Å²) in [5.41, 5.74) is 0. The summed E-state index contributed by atoms with van der Waals surface area (Å²) in [7, 11) is -2.80. The molecule has 1 rings (SSSR count). The minimum Gasteiger partial charge on any atom is -0.310 e. The maximum Gasteiger partial charge on any atom is 0.151 e. The SMILES string of the molecule is CCS(=O)(=O)CC(C)NC1CC1. The molecule has 1 unspecified atom stereocenters. The third-order valence-corrected chi connectivity index (χ3v) is 3.93. The average Bonchev–Trinajstić information content (AvgIpc) is 2.70. The summed E-state index contributed by atoms with van der Waals surface area (Å²) < 4.78 is 22.3. The van der Waals surface area contributed by atoms with Crippen LogP contribution in [0.25, 0.3) is 0 Å². The van der Waals surface area contributed by atoms with Gasteiger partial charge in [0.25, 0.3) is 0 Å². The first-order chi connectivity index (χ1) is 5.53. The molecule has 1 N–H and O–H groups in total. The molecular formula is C8H17NO2S. The Kier molecular flexibility index (Phi) is 3.12. The van der Waals surface area contributed by atoms with E-state index in [9.17, 15) is 8.42 Å². The fraction of sp³-hybridized carbons (Fsp3) is 1.00. The Morgan fingerprint density at radius 2 is 2.08 bits per heavy atom. The summed E-state index contributed by atoms with van der Waals surface area (Å²) in [4.78, 5) is 0. The van der Waals surface area contributed by atoms with Gasteiger partial charge < -0.3 is 5.32 Å². The Hall–Kier alpha value is -0.0900. The molecule has 0 aromatic rings. The van der Waals surface area contributed by atoms with E-state index in [1.807, 2.05) is 6.92 Å². The standard InChI is InChI=1S/C8H17NO2S/c1-3-12(10,11)6-7(2)9-8-4-5-8/h7-9H,3-6H2,1-2H3. The van der Waals surface area contributed by atoms with Crippen LogP contribution in [-0.4, -0.2) is 32.0 Å². The molecule has 1 aliphatic carbocycles. The molecule has 3 nitrogen and oxygen atoms in total. The number of rotatable bonds is 5. The predicted molar refractivity (Wildman–Crippen MR) is 49.9 cm³/mol. The maximum absolute atomic E-state index is 11.2. The van der Waals surface area contributed by atoms with Crippen molar-refractivity contribution in [2.75, 3.05) is 11.5 Å². The predicted octanol–water partition coefficient (Wildman–Crippen LogP) is 0.562. The van der Waals surface area contributed by atoms with Crippen LogP contribution in [0.3, 0.4) is 0 Å². The van der Waals surface area contributed by atoms with E-state index < -0.39 is 9.84 Å². The summed E-state index contributed by atoms with van der Waals surface area (Å²) in [5.74, 6) is 0.531.